The van der Waals surface area contributed by atoms with Crippen LogP contribution < -0.4 is 10.6 Å². The van der Waals surface area contributed by atoms with Crippen molar-refractivity contribution in [1.82, 2.24) is 10.6 Å². The minimum Gasteiger partial charge on any atom is -0.459 e. The average molecular weight is 252 g/mol. The molecule has 18 heavy (non-hydrogen) atoms. The van der Waals surface area contributed by atoms with E-state index >= 15 is 0 Å². The molecule has 0 aliphatic heterocycles. The highest BCUT2D eigenvalue weighted by Gasteiger charge is 2.18. The summed E-state index contributed by atoms with van der Waals surface area (Å²) in [4.78, 5) is 23.4. The van der Waals surface area contributed by atoms with Gasteiger partial charge in [0.1, 0.15) is 6.04 Å². The molecular formula is C13H20N2O3. The van der Waals surface area contributed by atoms with E-state index in [1.807, 2.05) is 6.92 Å². The molecule has 0 aromatic carbocycles. The van der Waals surface area contributed by atoms with Crippen LogP contribution in [0.15, 0.2) is 22.8 Å². The van der Waals surface area contributed by atoms with Gasteiger partial charge in [-0.3, -0.25) is 9.59 Å². The molecule has 5 nitrogen and oxygen atoms in total. The molecule has 2 atom stereocenters. The lowest BCUT2D eigenvalue weighted by Gasteiger charge is -2.17. The summed E-state index contributed by atoms with van der Waals surface area (Å²) < 4.78 is 4.95. The quantitative estimate of drug-likeness (QED) is 0.809. The van der Waals surface area contributed by atoms with E-state index in [9.17, 15) is 9.59 Å². The molecule has 0 spiro atoms. The number of furan rings is 1. The van der Waals surface area contributed by atoms with Crippen LogP contribution in [0.5, 0.6) is 0 Å². The lowest BCUT2D eigenvalue weighted by molar-refractivity contribution is -0.123. The van der Waals surface area contributed by atoms with Crippen LogP contribution in [-0.2, 0) is 4.79 Å². The second-order valence-electron chi connectivity index (χ2n) is 4.37. The fourth-order valence-electron chi connectivity index (χ4n) is 1.61. The van der Waals surface area contributed by atoms with Crippen molar-refractivity contribution in [3.63, 3.8) is 0 Å². The van der Waals surface area contributed by atoms with Crippen LogP contribution in [0.2, 0.25) is 0 Å². The molecule has 0 aliphatic rings. The molecule has 0 saturated carbocycles. The average Bonchev–Trinajstić information content (AvgIpc) is 2.82. The lowest BCUT2D eigenvalue weighted by Crippen LogP contribution is -2.47. The van der Waals surface area contributed by atoms with E-state index in [4.69, 9.17) is 4.42 Å². The summed E-state index contributed by atoms with van der Waals surface area (Å²) in [6.45, 7) is 5.65. The number of rotatable bonds is 6. The van der Waals surface area contributed by atoms with Gasteiger partial charge in [0.05, 0.1) is 6.26 Å². The maximum atomic E-state index is 11.8. The van der Waals surface area contributed by atoms with Gasteiger partial charge in [-0.2, -0.15) is 0 Å². The van der Waals surface area contributed by atoms with Crippen LogP contribution in [0.3, 0.4) is 0 Å². The van der Waals surface area contributed by atoms with Crippen LogP contribution in [0.1, 0.15) is 44.2 Å². The zero-order valence-electron chi connectivity index (χ0n) is 11.0. The van der Waals surface area contributed by atoms with Gasteiger partial charge in [0, 0.05) is 6.04 Å². The standard InChI is InChI=1S/C13H20N2O3/c1-4-6-9(2)14-12(16)10(3)15-13(17)11-7-5-8-18-11/h5,7-10H,4,6H2,1-3H3,(H,14,16)(H,15,17). The van der Waals surface area contributed by atoms with Crippen molar-refractivity contribution in [2.75, 3.05) is 0 Å². The van der Waals surface area contributed by atoms with Crippen LogP contribution in [0, 0.1) is 0 Å². The molecular weight excluding hydrogens is 232 g/mol. The molecule has 2 unspecified atom stereocenters. The number of nitrogens with one attached hydrogen (secondary N) is 2. The van der Waals surface area contributed by atoms with Gasteiger partial charge in [-0.15, -0.1) is 0 Å². The molecule has 1 aromatic rings. The molecule has 1 rings (SSSR count). The monoisotopic (exact) mass is 252 g/mol. The summed E-state index contributed by atoms with van der Waals surface area (Å²) >= 11 is 0. The van der Waals surface area contributed by atoms with E-state index in [0.717, 1.165) is 12.8 Å². The van der Waals surface area contributed by atoms with Crippen molar-refractivity contribution >= 4 is 11.8 Å². The van der Waals surface area contributed by atoms with Crippen molar-refractivity contribution in [1.29, 1.82) is 0 Å². The number of carbonyl (C=O) groups is 2. The molecule has 0 fully saturated rings. The van der Waals surface area contributed by atoms with E-state index in [-0.39, 0.29) is 23.6 Å². The molecule has 2 N–H and O–H groups in total. The van der Waals surface area contributed by atoms with E-state index < -0.39 is 6.04 Å². The van der Waals surface area contributed by atoms with E-state index in [1.165, 1.54) is 6.26 Å². The first kappa shape index (κ1) is 14.3. The third-order valence-corrected chi connectivity index (χ3v) is 2.60. The molecule has 5 heteroatoms. The second-order valence-corrected chi connectivity index (χ2v) is 4.37. The zero-order chi connectivity index (χ0) is 13.5. The highest BCUT2D eigenvalue weighted by Crippen LogP contribution is 2.00. The third-order valence-electron chi connectivity index (χ3n) is 2.60. The van der Waals surface area contributed by atoms with Gasteiger partial charge < -0.3 is 15.1 Å². The highest BCUT2D eigenvalue weighted by molar-refractivity contribution is 5.95. The number of carbonyl (C=O) groups excluding carboxylic acids is 2. The molecule has 0 aliphatic carbocycles. The predicted octanol–water partition coefficient (Wildman–Crippen LogP) is 1.70. The number of hydrogen-bond acceptors (Lipinski definition) is 3. The first-order chi connectivity index (χ1) is 8.54. The maximum Gasteiger partial charge on any atom is 0.287 e. The number of amides is 2. The minimum atomic E-state index is -0.582. The molecule has 0 radical (unpaired) electrons. The van der Waals surface area contributed by atoms with E-state index in [1.54, 1.807) is 19.1 Å². The van der Waals surface area contributed by atoms with Crippen molar-refractivity contribution in [3.8, 4) is 0 Å². The highest BCUT2D eigenvalue weighted by atomic mass is 16.3. The van der Waals surface area contributed by atoms with Gasteiger partial charge in [-0.05, 0) is 32.4 Å². The van der Waals surface area contributed by atoms with Crippen molar-refractivity contribution in [2.45, 2.75) is 45.7 Å². The molecule has 0 bridgehead atoms. The second kappa shape index (κ2) is 6.83. The summed E-state index contributed by atoms with van der Waals surface area (Å²) in [5.41, 5.74) is 0. The number of hydrogen-bond donors (Lipinski definition) is 2. The van der Waals surface area contributed by atoms with Crippen LogP contribution in [-0.4, -0.2) is 23.9 Å². The Bertz CT molecular complexity index is 387. The largest absolute Gasteiger partial charge is 0.459 e. The SMILES string of the molecule is CCCC(C)NC(=O)C(C)NC(=O)c1ccco1. The molecule has 1 aromatic heterocycles. The maximum absolute atomic E-state index is 11.8. The van der Waals surface area contributed by atoms with E-state index in [0.29, 0.717) is 0 Å². The first-order valence-corrected chi connectivity index (χ1v) is 6.19. The van der Waals surface area contributed by atoms with Gasteiger partial charge in [-0.25, -0.2) is 0 Å². The molecule has 0 saturated heterocycles. The lowest BCUT2D eigenvalue weighted by atomic mass is 10.2. The fraction of sp³-hybridized carbons (Fsp3) is 0.538. The summed E-state index contributed by atoms with van der Waals surface area (Å²) in [5, 5.41) is 5.43. The van der Waals surface area contributed by atoms with Gasteiger partial charge in [0.25, 0.3) is 5.91 Å². The van der Waals surface area contributed by atoms with Gasteiger partial charge >= 0.3 is 0 Å². The third kappa shape index (κ3) is 4.24. The molecule has 100 valence electrons. The van der Waals surface area contributed by atoms with E-state index in [2.05, 4.69) is 17.6 Å². The van der Waals surface area contributed by atoms with Crippen molar-refractivity contribution < 1.29 is 14.0 Å². The molecule has 1 heterocycles. The summed E-state index contributed by atoms with van der Waals surface area (Å²) in [6, 6.07) is 2.72. The van der Waals surface area contributed by atoms with Crippen LogP contribution in [0.25, 0.3) is 0 Å². The van der Waals surface area contributed by atoms with Crippen molar-refractivity contribution in [2.24, 2.45) is 0 Å². The smallest absolute Gasteiger partial charge is 0.287 e. The summed E-state index contributed by atoms with van der Waals surface area (Å²) in [6.07, 6.45) is 3.35. The topological polar surface area (TPSA) is 71.3 Å². The first-order valence-electron chi connectivity index (χ1n) is 6.19. The minimum absolute atomic E-state index is 0.116. The Labute approximate surface area is 107 Å². The Morgan fingerprint density at radius 2 is 2.06 bits per heavy atom. The Hall–Kier alpha value is -1.78. The summed E-state index contributed by atoms with van der Waals surface area (Å²) in [5.74, 6) is -0.363. The predicted molar refractivity (Wildman–Crippen MR) is 68.1 cm³/mol. The Balaban J connectivity index is 2.42. The fourth-order valence-corrected chi connectivity index (χ4v) is 1.61. The Morgan fingerprint density at radius 3 is 2.61 bits per heavy atom. The van der Waals surface area contributed by atoms with Gasteiger partial charge in [0.2, 0.25) is 5.91 Å². The van der Waals surface area contributed by atoms with Crippen molar-refractivity contribution in [3.05, 3.63) is 24.2 Å². The Morgan fingerprint density at radius 1 is 1.33 bits per heavy atom. The normalized spacial score (nSPS) is 13.7. The van der Waals surface area contributed by atoms with Crippen LogP contribution in [0.4, 0.5) is 0 Å². The zero-order valence-corrected chi connectivity index (χ0v) is 11.0. The van der Waals surface area contributed by atoms with Gasteiger partial charge in [-0.1, -0.05) is 13.3 Å². The Kier molecular flexibility index (Phi) is 5.42. The summed E-state index contributed by atoms with van der Waals surface area (Å²) in [7, 11) is 0. The van der Waals surface area contributed by atoms with Crippen LogP contribution >= 0.6 is 0 Å². The van der Waals surface area contributed by atoms with Gasteiger partial charge in [0.15, 0.2) is 5.76 Å². The molecule has 2 amide bonds.